The monoisotopic (exact) mass is 254 g/mol. The van der Waals surface area contributed by atoms with Crippen LogP contribution in [0.25, 0.3) is 0 Å². The van der Waals surface area contributed by atoms with Gasteiger partial charge in [-0.3, -0.25) is 10.1 Å². The first kappa shape index (κ1) is 13.0. The highest BCUT2D eigenvalue weighted by molar-refractivity contribution is 5.81. The fraction of sp³-hybridized carbons (Fsp3) is 0.462. The topological polar surface area (TPSA) is 32.3 Å². The molecule has 18 heavy (non-hydrogen) atoms. The Bertz CT molecular complexity index is 462. The van der Waals surface area contributed by atoms with E-state index in [2.05, 4.69) is 5.32 Å². The zero-order chi connectivity index (χ0) is 13.3. The van der Waals surface area contributed by atoms with Gasteiger partial charge in [0.1, 0.15) is 6.17 Å². The summed E-state index contributed by atoms with van der Waals surface area (Å²) in [5.41, 5.74) is 2.93. The smallest absolute Gasteiger partial charge is 0.255 e. The molecule has 98 valence electrons. The van der Waals surface area contributed by atoms with Crippen LogP contribution >= 0.6 is 0 Å². The van der Waals surface area contributed by atoms with Crippen LogP contribution in [0.3, 0.4) is 0 Å². The van der Waals surface area contributed by atoms with E-state index in [9.17, 15) is 13.6 Å². The van der Waals surface area contributed by atoms with Crippen molar-refractivity contribution in [3.63, 3.8) is 0 Å². The van der Waals surface area contributed by atoms with Crippen molar-refractivity contribution in [2.24, 2.45) is 0 Å². The summed E-state index contributed by atoms with van der Waals surface area (Å²) >= 11 is 0. The molecule has 1 atom stereocenters. The molecule has 1 N–H and O–H groups in total. The van der Waals surface area contributed by atoms with E-state index in [1.807, 2.05) is 32.0 Å². The van der Waals surface area contributed by atoms with E-state index in [1.165, 1.54) is 4.90 Å². The van der Waals surface area contributed by atoms with Crippen LogP contribution in [0, 0.1) is 13.8 Å². The van der Waals surface area contributed by atoms with Crippen LogP contribution in [0.15, 0.2) is 18.2 Å². The lowest BCUT2D eigenvalue weighted by Gasteiger charge is -2.25. The quantitative estimate of drug-likeness (QED) is 0.894. The van der Waals surface area contributed by atoms with E-state index >= 15 is 0 Å². The fourth-order valence-electron chi connectivity index (χ4n) is 2.23. The molecule has 1 unspecified atom stereocenters. The average Bonchev–Trinajstić information content (AvgIpc) is 2.64. The number of nitrogens with one attached hydrogen (secondary N) is 1. The molecule has 0 aliphatic carbocycles. The molecule has 1 heterocycles. The summed E-state index contributed by atoms with van der Waals surface area (Å²) in [4.78, 5) is 12.8. The van der Waals surface area contributed by atoms with Crippen molar-refractivity contribution in [1.82, 2.24) is 10.2 Å². The minimum absolute atomic E-state index is 0.116. The van der Waals surface area contributed by atoms with Gasteiger partial charge in [-0.15, -0.1) is 0 Å². The third kappa shape index (κ3) is 2.51. The molecule has 1 saturated heterocycles. The third-order valence-corrected chi connectivity index (χ3v) is 3.14. The van der Waals surface area contributed by atoms with Gasteiger partial charge in [0, 0.05) is 0 Å². The Labute approximate surface area is 105 Å². The van der Waals surface area contributed by atoms with Crippen molar-refractivity contribution in [3.05, 3.63) is 34.9 Å². The van der Waals surface area contributed by atoms with Crippen molar-refractivity contribution in [1.29, 1.82) is 0 Å². The van der Waals surface area contributed by atoms with Gasteiger partial charge in [0.25, 0.3) is 6.43 Å². The first-order chi connectivity index (χ1) is 8.49. The van der Waals surface area contributed by atoms with Crippen molar-refractivity contribution < 1.29 is 13.6 Å². The van der Waals surface area contributed by atoms with Gasteiger partial charge in [0.05, 0.1) is 13.1 Å². The van der Waals surface area contributed by atoms with Crippen LogP contribution in [-0.2, 0) is 4.79 Å². The van der Waals surface area contributed by atoms with Crippen LogP contribution in [0.5, 0.6) is 0 Å². The number of benzene rings is 1. The number of rotatable bonds is 3. The van der Waals surface area contributed by atoms with Gasteiger partial charge in [-0.2, -0.15) is 0 Å². The molecule has 1 amide bonds. The second-order valence-electron chi connectivity index (χ2n) is 4.58. The van der Waals surface area contributed by atoms with Crippen molar-refractivity contribution in [2.45, 2.75) is 26.4 Å². The van der Waals surface area contributed by atoms with E-state index in [0.29, 0.717) is 0 Å². The van der Waals surface area contributed by atoms with E-state index in [-0.39, 0.29) is 12.5 Å². The minimum atomic E-state index is -2.51. The van der Waals surface area contributed by atoms with Gasteiger partial charge < -0.3 is 4.90 Å². The molecule has 2 rings (SSSR count). The number of amides is 1. The number of alkyl halides is 2. The van der Waals surface area contributed by atoms with Gasteiger partial charge in [-0.05, 0) is 25.0 Å². The molecule has 0 bridgehead atoms. The Hall–Kier alpha value is -1.49. The minimum Gasteiger partial charge on any atom is -0.316 e. The molecular weight excluding hydrogens is 238 g/mol. The van der Waals surface area contributed by atoms with Gasteiger partial charge in [0.2, 0.25) is 5.91 Å². The van der Waals surface area contributed by atoms with E-state index < -0.39 is 19.1 Å². The molecule has 1 aromatic carbocycles. The highest BCUT2D eigenvalue weighted by Gasteiger charge is 2.33. The highest BCUT2D eigenvalue weighted by Crippen LogP contribution is 2.26. The first-order valence-corrected chi connectivity index (χ1v) is 5.87. The van der Waals surface area contributed by atoms with Gasteiger partial charge in [-0.25, -0.2) is 8.78 Å². The van der Waals surface area contributed by atoms with Crippen LogP contribution in [0.2, 0.25) is 0 Å². The van der Waals surface area contributed by atoms with Crippen molar-refractivity contribution in [3.8, 4) is 0 Å². The summed E-state index contributed by atoms with van der Waals surface area (Å²) in [7, 11) is 0. The predicted molar refractivity (Wildman–Crippen MR) is 64.4 cm³/mol. The van der Waals surface area contributed by atoms with E-state index in [4.69, 9.17) is 0 Å². The summed E-state index contributed by atoms with van der Waals surface area (Å²) in [6.45, 7) is 3.45. The maximum absolute atomic E-state index is 12.5. The maximum Gasteiger partial charge on any atom is 0.255 e. The number of carbonyl (C=O) groups is 1. The standard InChI is InChI=1S/C13H16F2N2O/c1-8-3-4-9(2)10(5-8)13-16-6-12(18)17(13)7-11(14)15/h3-5,11,13,16H,6-7H2,1-2H3. The number of hydrogen-bond acceptors (Lipinski definition) is 2. The largest absolute Gasteiger partial charge is 0.316 e. The Morgan fingerprint density at radius 1 is 1.44 bits per heavy atom. The Morgan fingerprint density at radius 2 is 2.17 bits per heavy atom. The fourth-order valence-corrected chi connectivity index (χ4v) is 2.23. The van der Waals surface area contributed by atoms with E-state index in [0.717, 1.165) is 16.7 Å². The predicted octanol–water partition coefficient (Wildman–Crippen LogP) is 2.00. The molecular formula is C13H16F2N2O. The SMILES string of the molecule is Cc1ccc(C)c(C2NCC(=O)N2CC(F)F)c1. The Morgan fingerprint density at radius 3 is 2.83 bits per heavy atom. The Balaban J connectivity index is 2.31. The zero-order valence-electron chi connectivity index (χ0n) is 10.4. The molecule has 0 radical (unpaired) electrons. The lowest BCUT2D eigenvalue weighted by Crippen LogP contribution is -2.34. The Kier molecular flexibility index (Phi) is 3.61. The maximum atomic E-state index is 12.5. The summed E-state index contributed by atoms with van der Waals surface area (Å²) in [6.07, 6.45) is -2.95. The first-order valence-electron chi connectivity index (χ1n) is 5.87. The van der Waals surface area contributed by atoms with Crippen molar-refractivity contribution >= 4 is 5.91 Å². The summed E-state index contributed by atoms with van der Waals surface area (Å²) in [5.74, 6) is -0.277. The second kappa shape index (κ2) is 5.02. The number of carbonyl (C=O) groups excluding carboxylic acids is 1. The van der Waals surface area contributed by atoms with E-state index in [1.54, 1.807) is 0 Å². The van der Waals surface area contributed by atoms with Crippen LogP contribution < -0.4 is 5.32 Å². The van der Waals surface area contributed by atoms with Crippen LogP contribution in [0.1, 0.15) is 22.9 Å². The zero-order valence-corrected chi connectivity index (χ0v) is 10.4. The molecule has 5 heteroatoms. The number of nitrogens with zero attached hydrogens (tertiary/aromatic N) is 1. The number of hydrogen-bond donors (Lipinski definition) is 1. The summed E-state index contributed by atoms with van der Waals surface area (Å²) in [5, 5.41) is 2.99. The second-order valence-corrected chi connectivity index (χ2v) is 4.58. The molecule has 1 aromatic rings. The molecule has 0 aromatic heterocycles. The number of aryl methyl sites for hydroxylation is 2. The normalized spacial score (nSPS) is 19.9. The molecule has 0 spiro atoms. The van der Waals surface area contributed by atoms with Crippen molar-refractivity contribution in [2.75, 3.05) is 13.1 Å². The molecule has 1 aliphatic heterocycles. The molecule has 1 aliphatic rings. The van der Waals surface area contributed by atoms with Crippen LogP contribution in [0.4, 0.5) is 8.78 Å². The summed E-state index contributed by atoms with van der Waals surface area (Å²) in [6, 6.07) is 5.84. The number of halogens is 2. The van der Waals surface area contributed by atoms with Crippen LogP contribution in [-0.4, -0.2) is 30.3 Å². The summed E-state index contributed by atoms with van der Waals surface area (Å²) < 4.78 is 25.0. The lowest BCUT2D eigenvalue weighted by molar-refractivity contribution is -0.130. The van der Waals surface area contributed by atoms with Gasteiger partial charge in [-0.1, -0.05) is 23.8 Å². The van der Waals surface area contributed by atoms with Gasteiger partial charge in [0.15, 0.2) is 0 Å². The highest BCUT2D eigenvalue weighted by atomic mass is 19.3. The van der Waals surface area contributed by atoms with Gasteiger partial charge >= 0.3 is 0 Å². The molecule has 1 fully saturated rings. The molecule has 3 nitrogen and oxygen atoms in total. The lowest BCUT2D eigenvalue weighted by atomic mass is 10.0. The third-order valence-electron chi connectivity index (χ3n) is 3.14. The average molecular weight is 254 g/mol. The molecule has 0 saturated carbocycles.